The van der Waals surface area contributed by atoms with E-state index in [0.717, 1.165) is 25.0 Å². The van der Waals surface area contributed by atoms with E-state index in [2.05, 4.69) is 24.5 Å². The van der Waals surface area contributed by atoms with Crippen molar-refractivity contribution in [3.05, 3.63) is 58.7 Å². The summed E-state index contributed by atoms with van der Waals surface area (Å²) in [7, 11) is 1.65. The monoisotopic (exact) mass is 728 g/mol. The molecule has 2 N–H and O–H groups in total. The molecule has 1 heterocycles. The number of nitrogens with one attached hydrogen (secondary N) is 2. The summed E-state index contributed by atoms with van der Waals surface area (Å²) in [4.78, 5) is 40.6. The maximum atomic E-state index is 15.6. The number of ether oxygens (including phenoxy) is 4. The van der Waals surface area contributed by atoms with Gasteiger partial charge in [0.15, 0.2) is 0 Å². The van der Waals surface area contributed by atoms with Crippen molar-refractivity contribution < 1.29 is 51.4 Å². The van der Waals surface area contributed by atoms with Crippen LogP contribution < -0.4 is 20.1 Å². The lowest BCUT2D eigenvalue weighted by Crippen LogP contribution is -2.65. The molecule has 4 aliphatic rings. The minimum absolute atomic E-state index is 0.00321. The zero-order valence-corrected chi connectivity index (χ0v) is 31.9. The summed E-state index contributed by atoms with van der Waals surface area (Å²) < 4.78 is 66.2. The van der Waals surface area contributed by atoms with Gasteiger partial charge in [-0.25, -0.2) is 18.4 Å². The molecule has 11 nitrogen and oxygen atoms in total. The van der Waals surface area contributed by atoms with E-state index >= 15 is 8.78 Å². The Morgan fingerprint density at radius 3 is 2.13 bits per heavy atom. The number of amides is 2. The van der Waals surface area contributed by atoms with E-state index in [1.54, 1.807) is 59.7 Å². The van der Waals surface area contributed by atoms with Gasteiger partial charge in [0.05, 0.1) is 37.4 Å². The number of halogens is 2. The van der Waals surface area contributed by atoms with Gasteiger partial charge in [0.1, 0.15) is 45.9 Å². The molecule has 0 aromatic heterocycles. The highest BCUT2D eigenvalue weighted by Crippen LogP contribution is 2.65. The van der Waals surface area contributed by atoms with Crippen LogP contribution in [0.2, 0.25) is 0 Å². The molecule has 14 heteroatoms. The zero-order valence-electron chi connectivity index (χ0n) is 31.9. The first-order valence-electron chi connectivity index (χ1n) is 17.6. The highest BCUT2D eigenvalue weighted by Gasteiger charge is 2.68. The van der Waals surface area contributed by atoms with Crippen molar-refractivity contribution in [1.29, 1.82) is 0 Å². The predicted octanol–water partition coefficient (Wildman–Crippen LogP) is 6.50. The molecule has 3 saturated carbocycles. The van der Waals surface area contributed by atoms with Crippen molar-refractivity contribution in [2.24, 2.45) is 17.3 Å². The topological polar surface area (TPSA) is 131 Å². The van der Waals surface area contributed by atoms with Crippen molar-refractivity contribution >= 4 is 25.1 Å². The van der Waals surface area contributed by atoms with Crippen molar-refractivity contribution in [2.75, 3.05) is 14.2 Å². The Kier molecular flexibility index (Phi) is 10.7. The number of methoxy groups -OCH3 is 2. The van der Waals surface area contributed by atoms with Gasteiger partial charge < -0.3 is 38.9 Å². The maximum Gasteiger partial charge on any atom is 0.482 e. The Bertz CT molecular complexity index is 1680. The van der Waals surface area contributed by atoms with Crippen LogP contribution >= 0.6 is 0 Å². The van der Waals surface area contributed by atoms with Crippen LogP contribution in [0, 0.1) is 28.9 Å². The highest BCUT2D eigenvalue weighted by atomic mass is 19.1. The summed E-state index contributed by atoms with van der Waals surface area (Å²) in [6.07, 6.45) is 0.412. The summed E-state index contributed by atoms with van der Waals surface area (Å²) >= 11 is 0. The molecule has 4 fully saturated rings. The van der Waals surface area contributed by atoms with E-state index < -0.39 is 71.1 Å². The van der Waals surface area contributed by atoms with Crippen LogP contribution in [0.1, 0.15) is 103 Å². The number of benzene rings is 2. The first-order chi connectivity index (χ1) is 24.1. The number of hydrogen-bond acceptors (Lipinski definition) is 9. The van der Waals surface area contributed by atoms with Crippen molar-refractivity contribution in [2.45, 2.75) is 116 Å². The molecule has 1 unspecified atom stereocenters. The van der Waals surface area contributed by atoms with Crippen LogP contribution in [-0.4, -0.2) is 68.2 Å². The van der Waals surface area contributed by atoms with Gasteiger partial charge in [-0.15, -0.1) is 0 Å². The molecule has 1 saturated heterocycles. The van der Waals surface area contributed by atoms with E-state index in [1.807, 2.05) is 6.92 Å². The lowest BCUT2D eigenvalue weighted by Gasteiger charge is -2.64. The third-order valence-corrected chi connectivity index (χ3v) is 10.5. The summed E-state index contributed by atoms with van der Waals surface area (Å²) in [5, 5.41) is 5.23. The fourth-order valence-corrected chi connectivity index (χ4v) is 7.92. The predicted molar refractivity (Wildman–Crippen MR) is 189 cm³/mol. The van der Waals surface area contributed by atoms with Crippen LogP contribution in [0.25, 0.3) is 0 Å². The number of alkyl carbamates (subject to hydrolysis) is 1. The standard InChI is InChI=1S/C38H51BF2N2O9/c1-35(2,3)49-33(45)23-14-12-13-20(31(23)48-11)15-28(39-51-27-17-21-16-26(37(21,7)8)38(27,9)52-39)42-32(44)30(43-34(46)50-36(4,5)6)29-24(40)18-22(47-10)19-25(29)41/h12-14,18-19,21,26-28,30H,15-17H2,1-11H3,(H,42,44)(H,43,46)/t21-,26-,27+,28-,30?,38-/m0/s1. The average molecular weight is 729 g/mol. The van der Waals surface area contributed by atoms with Crippen LogP contribution in [-0.2, 0) is 30.0 Å². The van der Waals surface area contributed by atoms with Crippen molar-refractivity contribution in [3.63, 3.8) is 0 Å². The number of carbonyl (C=O) groups excluding carboxylic acids is 3. The molecule has 284 valence electrons. The molecule has 2 bridgehead atoms. The fraction of sp³-hybridized carbons (Fsp3) is 0.605. The summed E-state index contributed by atoms with van der Waals surface area (Å²) in [6, 6.07) is 4.93. The summed E-state index contributed by atoms with van der Waals surface area (Å²) in [6.45, 7) is 16.6. The van der Waals surface area contributed by atoms with Gasteiger partial charge in [-0.2, -0.15) is 0 Å². The van der Waals surface area contributed by atoms with E-state index in [4.69, 9.17) is 28.3 Å². The van der Waals surface area contributed by atoms with Gasteiger partial charge >= 0.3 is 19.2 Å². The molecule has 2 aromatic carbocycles. The zero-order chi connectivity index (χ0) is 38.6. The van der Waals surface area contributed by atoms with Crippen LogP contribution in [0.3, 0.4) is 0 Å². The lowest BCUT2D eigenvalue weighted by molar-refractivity contribution is -0.199. The van der Waals surface area contributed by atoms with Gasteiger partial charge in [-0.3, -0.25) is 4.79 Å². The second-order valence-electron chi connectivity index (χ2n) is 16.7. The molecular weight excluding hydrogens is 677 g/mol. The SMILES string of the molecule is COc1cc(F)c(C(NC(=O)OC(C)(C)C)C(=O)N[C@@H](Cc2cccc(C(=O)OC(C)(C)C)c2OC)B2O[C@@H]3C[C@@H]4C[C@@H](C4(C)C)[C@]3(C)O2)c(F)c1. The molecule has 2 amide bonds. The Morgan fingerprint density at radius 2 is 1.58 bits per heavy atom. The molecule has 2 aromatic rings. The molecular formula is C38H51BF2N2O9. The second-order valence-corrected chi connectivity index (χ2v) is 16.7. The maximum absolute atomic E-state index is 15.6. The molecule has 52 heavy (non-hydrogen) atoms. The smallest absolute Gasteiger partial charge is 0.482 e. The molecule has 0 radical (unpaired) electrons. The van der Waals surface area contributed by atoms with E-state index in [1.165, 1.54) is 14.2 Å². The van der Waals surface area contributed by atoms with Gasteiger partial charge in [0.2, 0.25) is 5.91 Å². The number of hydrogen-bond donors (Lipinski definition) is 2. The summed E-state index contributed by atoms with van der Waals surface area (Å²) in [5.41, 5.74) is -2.44. The normalized spacial score (nSPS) is 24.5. The van der Waals surface area contributed by atoms with Crippen LogP contribution in [0.15, 0.2) is 30.3 Å². The quantitative estimate of drug-likeness (QED) is 0.208. The van der Waals surface area contributed by atoms with Gasteiger partial charge in [-0.1, -0.05) is 26.0 Å². The number of esters is 1. The average Bonchev–Trinajstić information content (AvgIpc) is 3.38. The number of carbonyl (C=O) groups is 3. The lowest BCUT2D eigenvalue weighted by atomic mass is 9.43. The van der Waals surface area contributed by atoms with Crippen LogP contribution in [0.4, 0.5) is 13.6 Å². The minimum atomic E-state index is -1.88. The first-order valence-corrected chi connectivity index (χ1v) is 17.6. The number of rotatable bonds is 10. The van der Waals surface area contributed by atoms with Crippen LogP contribution in [0.5, 0.6) is 11.5 Å². The Balaban J connectivity index is 1.54. The summed E-state index contributed by atoms with van der Waals surface area (Å²) in [5.74, 6) is -4.06. The molecule has 0 spiro atoms. The largest absolute Gasteiger partial charge is 0.497 e. The van der Waals surface area contributed by atoms with Crippen molar-refractivity contribution in [3.8, 4) is 11.5 Å². The minimum Gasteiger partial charge on any atom is -0.497 e. The third kappa shape index (κ3) is 7.88. The molecule has 6 rings (SSSR count). The number of para-hydroxylation sites is 1. The van der Waals surface area contributed by atoms with Crippen molar-refractivity contribution in [1.82, 2.24) is 10.6 Å². The first kappa shape index (κ1) is 39.3. The van der Waals surface area contributed by atoms with Gasteiger partial charge in [0, 0.05) is 12.1 Å². The van der Waals surface area contributed by atoms with E-state index in [9.17, 15) is 14.4 Å². The van der Waals surface area contributed by atoms with E-state index in [-0.39, 0.29) is 40.9 Å². The third-order valence-electron chi connectivity index (χ3n) is 10.5. The highest BCUT2D eigenvalue weighted by molar-refractivity contribution is 6.48. The van der Waals surface area contributed by atoms with Gasteiger partial charge in [-0.05, 0) is 96.6 Å². The second kappa shape index (κ2) is 14.1. The van der Waals surface area contributed by atoms with Gasteiger partial charge in [0.25, 0.3) is 0 Å². The fourth-order valence-electron chi connectivity index (χ4n) is 7.92. The molecule has 6 atom stereocenters. The Morgan fingerprint density at radius 1 is 0.942 bits per heavy atom. The Hall–Kier alpha value is -3.91. The van der Waals surface area contributed by atoms with E-state index in [0.29, 0.717) is 11.5 Å². The molecule has 1 aliphatic heterocycles. The Labute approximate surface area is 304 Å². The molecule has 3 aliphatic carbocycles.